The Morgan fingerprint density at radius 1 is 0.815 bits per heavy atom. The van der Waals surface area contributed by atoms with Crippen LogP contribution < -0.4 is 9.47 Å². The standard InChI is InChI=1S/C21H18O6/c1-26-18-8-6-12(10-16(18)22)14-4-3-5-15(21(24)25)20(14)13-7-9-19(27-2)17(23)11-13/h3-11,22-23H,1-2H3,(H,24,25). The van der Waals surface area contributed by atoms with Gasteiger partial charge in [-0.05, 0) is 47.0 Å². The summed E-state index contributed by atoms with van der Waals surface area (Å²) in [6, 6.07) is 14.4. The van der Waals surface area contributed by atoms with E-state index < -0.39 is 5.97 Å². The van der Waals surface area contributed by atoms with Gasteiger partial charge in [0.25, 0.3) is 0 Å². The van der Waals surface area contributed by atoms with E-state index in [9.17, 15) is 20.1 Å². The lowest BCUT2D eigenvalue weighted by Gasteiger charge is -2.15. The molecular formula is C21H18O6. The molecule has 0 fully saturated rings. The molecule has 0 bridgehead atoms. The Labute approximate surface area is 155 Å². The van der Waals surface area contributed by atoms with Crippen LogP contribution in [-0.4, -0.2) is 35.5 Å². The van der Waals surface area contributed by atoms with Crippen LogP contribution in [0, 0.1) is 0 Å². The fraction of sp³-hybridized carbons (Fsp3) is 0.0952. The maximum absolute atomic E-state index is 11.8. The number of aromatic carboxylic acids is 1. The number of hydrogen-bond donors (Lipinski definition) is 3. The van der Waals surface area contributed by atoms with Gasteiger partial charge in [0, 0.05) is 5.56 Å². The Hall–Kier alpha value is -3.67. The third-order valence-corrected chi connectivity index (χ3v) is 4.25. The van der Waals surface area contributed by atoms with Gasteiger partial charge in [0.1, 0.15) is 0 Å². The van der Waals surface area contributed by atoms with Gasteiger partial charge in [-0.15, -0.1) is 0 Å². The fourth-order valence-corrected chi connectivity index (χ4v) is 2.99. The van der Waals surface area contributed by atoms with Crippen LogP contribution in [0.1, 0.15) is 10.4 Å². The number of hydrogen-bond acceptors (Lipinski definition) is 5. The molecule has 3 aromatic rings. The highest BCUT2D eigenvalue weighted by Crippen LogP contribution is 2.40. The molecule has 6 heteroatoms. The minimum absolute atomic E-state index is 0.0562. The third-order valence-electron chi connectivity index (χ3n) is 4.25. The van der Waals surface area contributed by atoms with Crippen molar-refractivity contribution in [2.45, 2.75) is 0 Å². The molecule has 0 atom stereocenters. The second-order valence-electron chi connectivity index (χ2n) is 5.81. The summed E-state index contributed by atoms with van der Waals surface area (Å²) in [5, 5.41) is 29.9. The van der Waals surface area contributed by atoms with Gasteiger partial charge >= 0.3 is 5.97 Å². The van der Waals surface area contributed by atoms with Gasteiger partial charge in [-0.2, -0.15) is 0 Å². The zero-order chi connectivity index (χ0) is 19.6. The summed E-state index contributed by atoms with van der Waals surface area (Å²) < 4.78 is 10.1. The first-order chi connectivity index (χ1) is 13.0. The molecule has 0 aliphatic heterocycles. The molecule has 3 rings (SSSR count). The highest BCUT2D eigenvalue weighted by molar-refractivity contribution is 6.01. The summed E-state index contributed by atoms with van der Waals surface area (Å²) in [6.07, 6.45) is 0. The number of carbonyl (C=O) groups is 1. The number of phenols is 2. The van der Waals surface area contributed by atoms with Crippen LogP contribution in [0.5, 0.6) is 23.0 Å². The van der Waals surface area contributed by atoms with Gasteiger partial charge in [-0.3, -0.25) is 0 Å². The Balaban J connectivity index is 2.27. The molecule has 0 aliphatic carbocycles. The summed E-state index contributed by atoms with van der Waals surface area (Å²) in [5.74, 6) is -0.648. The van der Waals surface area contributed by atoms with E-state index in [1.54, 1.807) is 36.4 Å². The summed E-state index contributed by atoms with van der Waals surface area (Å²) in [5.41, 5.74) is 2.22. The van der Waals surface area contributed by atoms with E-state index >= 15 is 0 Å². The molecule has 0 unspecified atom stereocenters. The Morgan fingerprint density at radius 2 is 1.37 bits per heavy atom. The van der Waals surface area contributed by atoms with E-state index in [1.165, 1.54) is 32.4 Å². The van der Waals surface area contributed by atoms with Crippen molar-refractivity contribution >= 4 is 5.97 Å². The number of rotatable bonds is 5. The lowest BCUT2D eigenvalue weighted by atomic mass is 9.90. The second kappa shape index (κ2) is 7.29. The van der Waals surface area contributed by atoms with Crippen molar-refractivity contribution < 1.29 is 29.6 Å². The van der Waals surface area contributed by atoms with E-state index in [0.29, 0.717) is 28.0 Å². The molecule has 27 heavy (non-hydrogen) atoms. The maximum Gasteiger partial charge on any atom is 0.336 e. The zero-order valence-corrected chi connectivity index (χ0v) is 14.8. The average Bonchev–Trinajstić information content (AvgIpc) is 2.67. The number of ether oxygens (including phenoxy) is 2. The molecule has 0 saturated heterocycles. The second-order valence-corrected chi connectivity index (χ2v) is 5.81. The molecule has 0 spiro atoms. The van der Waals surface area contributed by atoms with Crippen molar-refractivity contribution in [3.63, 3.8) is 0 Å². The van der Waals surface area contributed by atoms with Crippen LogP contribution in [0.4, 0.5) is 0 Å². The normalized spacial score (nSPS) is 10.4. The Bertz CT molecular complexity index is 1010. The lowest BCUT2D eigenvalue weighted by Crippen LogP contribution is -2.01. The first kappa shape index (κ1) is 18.1. The number of carboxylic acid groups (broad SMARTS) is 1. The molecule has 0 saturated carbocycles. The number of methoxy groups -OCH3 is 2. The lowest BCUT2D eigenvalue weighted by molar-refractivity contribution is 0.0697. The van der Waals surface area contributed by atoms with Gasteiger partial charge in [0.2, 0.25) is 0 Å². The van der Waals surface area contributed by atoms with Crippen molar-refractivity contribution in [3.05, 3.63) is 60.2 Å². The fourth-order valence-electron chi connectivity index (χ4n) is 2.99. The van der Waals surface area contributed by atoms with Crippen LogP contribution in [0.2, 0.25) is 0 Å². The van der Waals surface area contributed by atoms with Crippen LogP contribution in [0.15, 0.2) is 54.6 Å². The van der Waals surface area contributed by atoms with Crippen molar-refractivity contribution in [3.8, 4) is 45.3 Å². The first-order valence-corrected chi connectivity index (χ1v) is 8.07. The van der Waals surface area contributed by atoms with Gasteiger partial charge in [-0.25, -0.2) is 4.79 Å². The number of phenolic OH excluding ortho intramolecular Hbond substituents is 2. The van der Waals surface area contributed by atoms with Crippen LogP contribution in [-0.2, 0) is 0 Å². The highest BCUT2D eigenvalue weighted by Gasteiger charge is 2.19. The molecule has 3 aromatic carbocycles. The van der Waals surface area contributed by atoms with Crippen LogP contribution in [0.25, 0.3) is 22.3 Å². The van der Waals surface area contributed by atoms with E-state index in [0.717, 1.165) is 0 Å². The summed E-state index contributed by atoms with van der Waals surface area (Å²) >= 11 is 0. The van der Waals surface area contributed by atoms with E-state index in [4.69, 9.17) is 9.47 Å². The van der Waals surface area contributed by atoms with Crippen molar-refractivity contribution in [1.29, 1.82) is 0 Å². The van der Waals surface area contributed by atoms with Gasteiger partial charge in [0.15, 0.2) is 23.0 Å². The van der Waals surface area contributed by atoms with Crippen molar-refractivity contribution in [2.24, 2.45) is 0 Å². The SMILES string of the molecule is COc1ccc(-c2cccc(C(=O)O)c2-c2ccc(OC)c(O)c2)cc1O. The molecule has 0 aromatic heterocycles. The highest BCUT2D eigenvalue weighted by atomic mass is 16.5. The number of aromatic hydroxyl groups is 2. The molecular weight excluding hydrogens is 348 g/mol. The van der Waals surface area contributed by atoms with E-state index in [1.807, 2.05) is 0 Å². The summed E-state index contributed by atoms with van der Waals surface area (Å²) in [4.78, 5) is 11.8. The Kier molecular flexibility index (Phi) is 4.90. The van der Waals surface area contributed by atoms with Crippen molar-refractivity contribution in [1.82, 2.24) is 0 Å². The van der Waals surface area contributed by atoms with Gasteiger partial charge in [0.05, 0.1) is 19.8 Å². The smallest absolute Gasteiger partial charge is 0.336 e. The van der Waals surface area contributed by atoms with E-state index in [-0.39, 0.29) is 22.8 Å². The van der Waals surface area contributed by atoms with E-state index in [2.05, 4.69) is 0 Å². The molecule has 0 radical (unpaired) electrons. The van der Waals surface area contributed by atoms with Gasteiger partial charge < -0.3 is 24.8 Å². The quantitative estimate of drug-likeness (QED) is 0.628. The first-order valence-electron chi connectivity index (χ1n) is 8.07. The largest absolute Gasteiger partial charge is 0.504 e. The summed E-state index contributed by atoms with van der Waals surface area (Å²) in [6.45, 7) is 0. The van der Waals surface area contributed by atoms with Crippen molar-refractivity contribution in [2.75, 3.05) is 14.2 Å². The third kappa shape index (κ3) is 3.37. The molecule has 138 valence electrons. The topological polar surface area (TPSA) is 96.2 Å². The molecule has 0 amide bonds. The number of benzene rings is 3. The maximum atomic E-state index is 11.8. The molecule has 6 nitrogen and oxygen atoms in total. The predicted octanol–water partition coefficient (Wildman–Crippen LogP) is 4.15. The number of carboxylic acids is 1. The molecule has 0 aliphatic rings. The summed E-state index contributed by atoms with van der Waals surface area (Å²) in [7, 11) is 2.89. The molecule has 0 heterocycles. The minimum Gasteiger partial charge on any atom is -0.504 e. The Morgan fingerprint density at radius 3 is 1.89 bits per heavy atom. The predicted molar refractivity (Wildman–Crippen MR) is 101 cm³/mol. The van der Waals surface area contributed by atoms with Crippen LogP contribution in [0.3, 0.4) is 0 Å². The monoisotopic (exact) mass is 366 g/mol. The van der Waals surface area contributed by atoms with Gasteiger partial charge in [-0.1, -0.05) is 24.3 Å². The molecule has 3 N–H and O–H groups in total. The van der Waals surface area contributed by atoms with Crippen LogP contribution >= 0.6 is 0 Å². The minimum atomic E-state index is -1.10. The zero-order valence-electron chi connectivity index (χ0n) is 14.8. The average molecular weight is 366 g/mol.